The van der Waals surface area contributed by atoms with Crippen LogP contribution in [0.25, 0.3) is 0 Å². The van der Waals surface area contributed by atoms with Gasteiger partial charge in [-0.15, -0.1) is 0 Å². The van der Waals surface area contributed by atoms with E-state index < -0.39 is 11.8 Å². The number of carbonyl (C=O) groups is 2. The van der Waals surface area contributed by atoms with E-state index in [2.05, 4.69) is 10.6 Å². The third-order valence-electron chi connectivity index (χ3n) is 4.62. The maximum Gasteiger partial charge on any atom is 0.313 e. The molecule has 0 radical (unpaired) electrons. The van der Waals surface area contributed by atoms with Gasteiger partial charge in [-0.1, -0.05) is 60.7 Å². The van der Waals surface area contributed by atoms with Crippen molar-refractivity contribution in [3.05, 3.63) is 100 Å². The van der Waals surface area contributed by atoms with E-state index in [1.165, 1.54) is 22.9 Å². The molecule has 3 rings (SSSR count). The predicted molar refractivity (Wildman–Crippen MR) is 112 cm³/mol. The molecular weight excluding hydrogens is 366 g/mol. The lowest BCUT2D eigenvalue weighted by molar-refractivity contribution is -0.136. The van der Waals surface area contributed by atoms with Crippen LogP contribution in [0, 0.1) is 0 Å². The number of carbonyl (C=O) groups excluding carboxylic acids is 2. The van der Waals surface area contributed by atoms with Gasteiger partial charge in [-0.3, -0.25) is 14.4 Å². The molecule has 1 unspecified atom stereocenters. The van der Waals surface area contributed by atoms with E-state index in [9.17, 15) is 14.4 Å². The third-order valence-corrected chi connectivity index (χ3v) is 4.62. The molecule has 29 heavy (non-hydrogen) atoms. The SMILES string of the molecule is Cn1cc(NC(=O)C(=O)NC(CCc2ccccc2)c2ccccc2)ccc1=O. The van der Waals surface area contributed by atoms with Crippen LogP contribution in [-0.4, -0.2) is 16.4 Å². The van der Waals surface area contributed by atoms with Crippen molar-refractivity contribution in [2.24, 2.45) is 7.05 Å². The van der Waals surface area contributed by atoms with Crippen LogP contribution in [0.15, 0.2) is 83.8 Å². The Morgan fingerprint density at radius 3 is 2.21 bits per heavy atom. The van der Waals surface area contributed by atoms with Crippen molar-refractivity contribution in [2.45, 2.75) is 18.9 Å². The Balaban J connectivity index is 1.68. The first-order valence-electron chi connectivity index (χ1n) is 9.40. The molecule has 0 aliphatic rings. The first-order chi connectivity index (χ1) is 14.0. The fourth-order valence-electron chi connectivity index (χ4n) is 3.04. The molecule has 148 valence electrons. The Bertz CT molecular complexity index is 1030. The molecular formula is C23H23N3O3. The highest BCUT2D eigenvalue weighted by Gasteiger charge is 2.20. The summed E-state index contributed by atoms with van der Waals surface area (Å²) in [6.07, 6.45) is 2.90. The van der Waals surface area contributed by atoms with Crippen LogP contribution >= 0.6 is 0 Å². The Labute approximate surface area is 169 Å². The third kappa shape index (κ3) is 5.65. The zero-order chi connectivity index (χ0) is 20.6. The monoisotopic (exact) mass is 389 g/mol. The number of hydrogen-bond donors (Lipinski definition) is 2. The number of pyridine rings is 1. The van der Waals surface area contributed by atoms with E-state index in [1.807, 2.05) is 60.7 Å². The largest absolute Gasteiger partial charge is 0.341 e. The normalized spacial score (nSPS) is 11.5. The lowest BCUT2D eigenvalue weighted by Gasteiger charge is -2.19. The van der Waals surface area contributed by atoms with E-state index in [-0.39, 0.29) is 11.6 Å². The molecule has 0 fully saturated rings. The van der Waals surface area contributed by atoms with Gasteiger partial charge >= 0.3 is 11.8 Å². The molecule has 6 heteroatoms. The van der Waals surface area contributed by atoms with Crippen LogP contribution in [0.2, 0.25) is 0 Å². The Morgan fingerprint density at radius 1 is 0.897 bits per heavy atom. The smallest absolute Gasteiger partial charge is 0.313 e. The van der Waals surface area contributed by atoms with Crippen LogP contribution in [0.1, 0.15) is 23.6 Å². The van der Waals surface area contributed by atoms with Crippen LogP contribution in [-0.2, 0) is 23.1 Å². The van der Waals surface area contributed by atoms with Gasteiger partial charge in [-0.2, -0.15) is 0 Å². The highest BCUT2D eigenvalue weighted by atomic mass is 16.2. The van der Waals surface area contributed by atoms with Crippen molar-refractivity contribution in [3.8, 4) is 0 Å². The molecule has 6 nitrogen and oxygen atoms in total. The number of hydrogen-bond acceptors (Lipinski definition) is 3. The van der Waals surface area contributed by atoms with E-state index in [4.69, 9.17) is 0 Å². The minimum absolute atomic E-state index is 0.197. The lowest BCUT2D eigenvalue weighted by Crippen LogP contribution is -2.38. The van der Waals surface area contributed by atoms with Crippen LogP contribution in [0.5, 0.6) is 0 Å². The average Bonchev–Trinajstić information content (AvgIpc) is 2.75. The molecule has 3 aromatic rings. The number of aromatic nitrogens is 1. The van der Waals surface area contributed by atoms with Gasteiger partial charge in [0.1, 0.15) is 0 Å². The fourth-order valence-corrected chi connectivity index (χ4v) is 3.04. The molecule has 1 atom stereocenters. The number of nitrogens with zero attached hydrogens (tertiary/aromatic N) is 1. The van der Waals surface area contributed by atoms with Crippen LogP contribution in [0.3, 0.4) is 0 Å². The van der Waals surface area contributed by atoms with Gasteiger partial charge in [-0.25, -0.2) is 0 Å². The summed E-state index contributed by atoms with van der Waals surface area (Å²) in [5.74, 6) is -1.50. The summed E-state index contributed by atoms with van der Waals surface area (Å²) in [5.41, 5.74) is 2.29. The zero-order valence-corrected chi connectivity index (χ0v) is 16.2. The van der Waals surface area contributed by atoms with Gasteiger partial charge < -0.3 is 15.2 Å². The first kappa shape index (κ1) is 20.1. The Kier molecular flexibility index (Phi) is 6.58. The summed E-state index contributed by atoms with van der Waals surface area (Å²) in [6, 6.07) is 22.1. The number of rotatable bonds is 6. The molecule has 1 heterocycles. The van der Waals surface area contributed by atoms with Crippen molar-refractivity contribution in [2.75, 3.05) is 5.32 Å². The molecule has 2 aromatic carbocycles. The number of amides is 2. The van der Waals surface area contributed by atoms with Crippen molar-refractivity contribution in [1.82, 2.24) is 9.88 Å². The van der Waals surface area contributed by atoms with Crippen molar-refractivity contribution in [1.29, 1.82) is 0 Å². The molecule has 0 saturated heterocycles. The van der Waals surface area contributed by atoms with Gasteiger partial charge in [0.05, 0.1) is 11.7 Å². The Hall–Kier alpha value is -3.67. The van der Waals surface area contributed by atoms with Crippen molar-refractivity contribution >= 4 is 17.5 Å². The second kappa shape index (κ2) is 9.50. The fraction of sp³-hybridized carbons (Fsp3) is 0.174. The number of nitrogens with one attached hydrogen (secondary N) is 2. The van der Waals surface area contributed by atoms with E-state index >= 15 is 0 Å². The molecule has 1 aromatic heterocycles. The Morgan fingerprint density at radius 2 is 1.55 bits per heavy atom. The zero-order valence-electron chi connectivity index (χ0n) is 16.2. The van der Waals surface area contributed by atoms with Crippen molar-refractivity contribution in [3.63, 3.8) is 0 Å². The highest BCUT2D eigenvalue weighted by molar-refractivity contribution is 6.39. The van der Waals surface area contributed by atoms with Crippen molar-refractivity contribution < 1.29 is 9.59 Å². The van der Waals surface area contributed by atoms with Gasteiger partial charge in [0.25, 0.3) is 0 Å². The standard InChI is InChI=1S/C23H23N3O3/c1-26-16-19(13-15-21(26)27)24-22(28)23(29)25-20(18-10-6-3-7-11-18)14-12-17-8-4-2-5-9-17/h2-11,13,15-16,20H,12,14H2,1H3,(H,24,28)(H,25,29). The average molecular weight is 389 g/mol. The molecule has 0 aliphatic carbocycles. The summed E-state index contributed by atoms with van der Waals surface area (Å²) in [7, 11) is 1.58. The molecule has 0 saturated carbocycles. The first-order valence-corrected chi connectivity index (χ1v) is 9.40. The summed E-state index contributed by atoms with van der Waals surface area (Å²) in [6.45, 7) is 0. The maximum atomic E-state index is 12.5. The second-order valence-electron chi connectivity index (χ2n) is 6.78. The second-order valence-corrected chi connectivity index (χ2v) is 6.78. The van der Waals surface area contributed by atoms with Gasteiger partial charge in [0.15, 0.2) is 0 Å². The van der Waals surface area contributed by atoms with Gasteiger partial charge in [-0.05, 0) is 30.0 Å². The molecule has 0 aliphatic heterocycles. The minimum Gasteiger partial charge on any atom is -0.341 e. The molecule has 0 spiro atoms. The van der Waals surface area contributed by atoms with Crippen LogP contribution < -0.4 is 16.2 Å². The number of aryl methyl sites for hydroxylation is 2. The predicted octanol–water partition coefficient (Wildman–Crippen LogP) is 2.81. The van der Waals surface area contributed by atoms with E-state index in [0.717, 1.165) is 17.5 Å². The lowest BCUT2D eigenvalue weighted by atomic mass is 9.99. The van der Waals surface area contributed by atoms with E-state index in [0.29, 0.717) is 12.1 Å². The maximum absolute atomic E-state index is 12.5. The van der Waals surface area contributed by atoms with Crippen LogP contribution in [0.4, 0.5) is 5.69 Å². The molecule has 2 amide bonds. The topological polar surface area (TPSA) is 80.2 Å². The molecule has 2 N–H and O–H groups in total. The summed E-state index contributed by atoms with van der Waals surface area (Å²) in [5, 5.41) is 5.36. The number of anilines is 1. The molecule has 0 bridgehead atoms. The summed E-state index contributed by atoms with van der Waals surface area (Å²) < 4.78 is 1.33. The highest BCUT2D eigenvalue weighted by Crippen LogP contribution is 2.19. The number of benzene rings is 2. The van der Waals surface area contributed by atoms with Gasteiger partial charge in [0, 0.05) is 19.3 Å². The van der Waals surface area contributed by atoms with E-state index in [1.54, 1.807) is 7.05 Å². The summed E-state index contributed by atoms with van der Waals surface area (Å²) >= 11 is 0. The minimum atomic E-state index is -0.774. The van der Waals surface area contributed by atoms with Gasteiger partial charge in [0.2, 0.25) is 5.56 Å². The summed E-state index contributed by atoms with van der Waals surface area (Å²) in [4.78, 5) is 36.3. The quantitative estimate of drug-likeness (QED) is 0.636.